The second-order valence-electron chi connectivity index (χ2n) is 4.43. The number of halogens is 1. The van der Waals surface area contributed by atoms with Crippen LogP contribution >= 0.6 is 38.6 Å². The van der Waals surface area contributed by atoms with E-state index >= 15 is 0 Å². The molecule has 104 valence electrons. The van der Waals surface area contributed by atoms with Gasteiger partial charge in [-0.1, -0.05) is 0 Å². The first-order chi connectivity index (χ1) is 9.08. The molecule has 0 aliphatic rings. The molecule has 2 N–H and O–H groups in total. The Bertz CT molecular complexity index is 524. The monoisotopic (exact) mass is 360 g/mol. The fraction of sp³-hybridized carbons (Fsp3) is 0.462. The van der Waals surface area contributed by atoms with E-state index in [9.17, 15) is 0 Å². The number of aromatic nitrogens is 1. The molecule has 0 radical (unpaired) electrons. The number of thiazole rings is 1. The maximum atomic E-state index is 6.02. The van der Waals surface area contributed by atoms with Crippen molar-refractivity contribution in [2.24, 2.45) is 5.73 Å². The molecule has 2 unspecified atom stereocenters. The van der Waals surface area contributed by atoms with E-state index in [4.69, 9.17) is 10.5 Å². The largest absolute Gasteiger partial charge is 0.371 e. The van der Waals surface area contributed by atoms with Crippen LogP contribution in [0.5, 0.6) is 0 Å². The van der Waals surface area contributed by atoms with Gasteiger partial charge >= 0.3 is 0 Å². The molecule has 3 nitrogen and oxygen atoms in total. The number of hydrogen-bond acceptors (Lipinski definition) is 5. The first-order valence-corrected chi connectivity index (χ1v) is 8.63. The predicted molar refractivity (Wildman–Crippen MR) is 84.9 cm³/mol. The summed E-state index contributed by atoms with van der Waals surface area (Å²) < 4.78 is 7.06. The highest BCUT2D eigenvalue weighted by molar-refractivity contribution is 9.10. The van der Waals surface area contributed by atoms with Gasteiger partial charge in [-0.3, -0.25) is 0 Å². The molecular formula is C13H17BrN2OS2. The molecule has 0 saturated heterocycles. The van der Waals surface area contributed by atoms with Crippen LogP contribution in [-0.4, -0.2) is 17.6 Å². The standard InChI is InChI=1S/C13H17BrN2OS2/c1-8(15)13(12-5-10(14)6-18-12)17-4-3-11-9(2)16-7-19-11/h5-8,13H,3-4,15H2,1-2H3. The molecule has 19 heavy (non-hydrogen) atoms. The number of hydrogen-bond donors (Lipinski definition) is 1. The van der Waals surface area contributed by atoms with Gasteiger partial charge in [0.2, 0.25) is 0 Å². The van der Waals surface area contributed by atoms with Gasteiger partial charge in [-0.05, 0) is 35.8 Å². The van der Waals surface area contributed by atoms with Crippen molar-refractivity contribution in [2.45, 2.75) is 32.4 Å². The highest BCUT2D eigenvalue weighted by Crippen LogP contribution is 2.29. The van der Waals surface area contributed by atoms with Crippen LogP contribution in [0.4, 0.5) is 0 Å². The van der Waals surface area contributed by atoms with E-state index in [0.29, 0.717) is 6.61 Å². The van der Waals surface area contributed by atoms with Crippen molar-refractivity contribution in [1.82, 2.24) is 4.98 Å². The second kappa shape index (κ2) is 6.95. The average Bonchev–Trinajstić information content (AvgIpc) is 2.94. The number of thiophene rings is 1. The molecule has 6 heteroatoms. The molecule has 0 aliphatic heterocycles. The molecule has 0 saturated carbocycles. The van der Waals surface area contributed by atoms with Gasteiger partial charge in [-0.15, -0.1) is 22.7 Å². The Morgan fingerprint density at radius 2 is 2.26 bits per heavy atom. The summed E-state index contributed by atoms with van der Waals surface area (Å²) in [5.41, 5.74) is 9.00. The Morgan fingerprint density at radius 1 is 1.47 bits per heavy atom. The topological polar surface area (TPSA) is 48.1 Å². The number of ether oxygens (including phenoxy) is 1. The van der Waals surface area contributed by atoms with E-state index in [1.807, 2.05) is 19.4 Å². The van der Waals surface area contributed by atoms with Gasteiger partial charge in [-0.25, -0.2) is 4.98 Å². The fourth-order valence-corrected chi connectivity index (χ4v) is 4.18. The fourth-order valence-electron chi connectivity index (χ4n) is 1.82. The Labute approximate surface area is 129 Å². The smallest absolute Gasteiger partial charge is 0.106 e. The summed E-state index contributed by atoms with van der Waals surface area (Å²) in [5.74, 6) is 0. The van der Waals surface area contributed by atoms with Crippen LogP contribution in [0.1, 0.15) is 28.5 Å². The van der Waals surface area contributed by atoms with Crippen LogP contribution < -0.4 is 5.73 Å². The highest BCUT2D eigenvalue weighted by Gasteiger charge is 2.19. The summed E-state index contributed by atoms with van der Waals surface area (Å²) >= 11 is 6.82. The second-order valence-corrected chi connectivity index (χ2v) is 7.23. The minimum absolute atomic E-state index is 0.0203. The van der Waals surface area contributed by atoms with Crippen molar-refractivity contribution in [3.63, 3.8) is 0 Å². The molecule has 0 bridgehead atoms. The zero-order valence-corrected chi connectivity index (χ0v) is 14.1. The van der Waals surface area contributed by atoms with E-state index in [1.165, 1.54) is 9.75 Å². The zero-order valence-electron chi connectivity index (χ0n) is 10.9. The molecule has 0 aromatic carbocycles. The molecular weight excluding hydrogens is 344 g/mol. The van der Waals surface area contributed by atoms with Gasteiger partial charge in [0.25, 0.3) is 0 Å². The van der Waals surface area contributed by atoms with Gasteiger partial charge in [0, 0.05) is 32.1 Å². The third kappa shape index (κ3) is 4.10. The number of nitrogens with zero attached hydrogens (tertiary/aromatic N) is 1. The van der Waals surface area contributed by atoms with E-state index in [-0.39, 0.29) is 12.1 Å². The van der Waals surface area contributed by atoms with Gasteiger partial charge < -0.3 is 10.5 Å². The summed E-state index contributed by atoms with van der Waals surface area (Å²) in [6.07, 6.45) is 0.858. The van der Waals surface area contributed by atoms with Crippen LogP contribution in [-0.2, 0) is 11.2 Å². The highest BCUT2D eigenvalue weighted by atomic mass is 79.9. The third-order valence-electron chi connectivity index (χ3n) is 2.82. The minimum Gasteiger partial charge on any atom is -0.371 e. The summed E-state index contributed by atoms with van der Waals surface area (Å²) in [4.78, 5) is 6.70. The Kier molecular flexibility index (Phi) is 5.53. The van der Waals surface area contributed by atoms with Crippen molar-refractivity contribution in [3.8, 4) is 0 Å². The van der Waals surface area contributed by atoms with E-state index in [0.717, 1.165) is 16.6 Å². The van der Waals surface area contributed by atoms with Gasteiger partial charge in [0.05, 0.1) is 17.8 Å². The Hall–Kier alpha value is -0.270. The minimum atomic E-state index is -0.0375. The van der Waals surface area contributed by atoms with Crippen molar-refractivity contribution in [1.29, 1.82) is 0 Å². The van der Waals surface area contributed by atoms with Crippen LogP contribution in [0.25, 0.3) is 0 Å². The predicted octanol–water partition coefficient (Wildman–Crippen LogP) is 3.92. The third-order valence-corrected chi connectivity index (χ3v) is 5.57. The molecule has 0 fully saturated rings. The molecule has 2 atom stereocenters. The quantitative estimate of drug-likeness (QED) is 0.848. The lowest BCUT2D eigenvalue weighted by molar-refractivity contribution is 0.0430. The first-order valence-electron chi connectivity index (χ1n) is 6.08. The van der Waals surface area contributed by atoms with Crippen molar-refractivity contribution in [3.05, 3.63) is 36.9 Å². The van der Waals surface area contributed by atoms with E-state index in [1.54, 1.807) is 22.7 Å². The lowest BCUT2D eigenvalue weighted by atomic mass is 10.1. The average molecular weight is 361 g/mol. The first kappa shape index (κ1) is 15.1. The van der Waals surface area contributed by atoms with Crippen molar-refractivity contribution >= 4 is 38.6 Å². The maximum absolute atomic E-state index is 6.02. The lowest BCUT2D eigenvalue weighted by Crippen LogP contribution is -2.27. The molecule has 2 aromatic heterocycles. The van der Waals surface area contributed by atoms with E-state index < -0.39 is 0 Å². The molecule has 2 rings (SSSR count). The van der Waals surface area contributed by atoms with Crippen LogP contribution in [0.2, 0.25) is 0 Å². The summed E-state index contributed by atoms with van der Waals surface area (Å²) in [6, 6.07) is 2.06. The van der Waals surface area contributed by atoms with Crippen molar-refractivity contribution in [2.75, 3.05) is 6.61 Å². The van der Waals surface area contributed by atoms with Crippen LogP contribution in [0.15, 0.2) is 21.4 Å². The zero-order chi connectivity index (χ0) is 13.8. The normalized spacial score (nSPS) is 14.5. The van der Waals surface area contributed by atoms with Crippen LogP contribution in [0, 0.1) is 6.92 Å². The number of aryl methyl sites for hydroxylation is 1. The Balaban J connectivity index is 1.93. The van der Waals surface area contributed by atoms with Gasteiger partial charge in [0.15, 0.2) is 0 Å². The van der Waals surface area contributed by atoms with Gasteiger partial charge in [-0.2, -0.15) is 0 Å². The summed E-state index contributed by atoms with van der Waals surface area (Å²) in [7, 11) is 0. The molecule has 0 aliphatic carbocycles. The summed E-state index contributed by atoms with van der Waals surface area (Å²) in [5, 5.41) is 2.06. The number of nitrogens with two attached hydrogens (primary N) is 1. The maximum Gasteiger partial charge on any atom is 0.106 e. The summed E-state index contributed by atoms with van der Waals surface area (Å²) in [6.45, 7) is 4.69. The molecule has 0 spiro atoms. The SMILES string of the molecule is Cc1ncsc1CCOC(c1cc(Br)cs1)C(C)N. The van der Waals surface area contributed by atoms with Gasteiger partial charge in [0.1, 0.15) is 6.10 Å². The number of rotatable bonds is 6. The molecule has 2 heterocycles. The molecule has 0 amide bonds. The Morgan fingerprint density at radius 3 is 2.79 bits per heavy atom. The van der Waals surface area contributed by atoms with E-state index in [2.05, 4.69) is 32.4 Å². The van der Waals surface area contributed by atoms with Crippen LogP contribution in [0.3, 0.4) is 0 Å². The lowest BCUT2D eigenvalue weighted by Gasteiger charge is -2.20. The van der Waals surface area contributed by atoms with Crippen molar-refractivity contribution < 1.29 is 4.74 Å². The molecule has 2 aromatic rings.